The van der Waals surface area contributed by atoms with Crippen molar-refractivity contribution < 1.29 is 9.84 Å². The molecule has 6 heteroatoms. The van der Waals surface area contributed by atoms with Crippen LogP contribution in [0, 0.1) is 0 Å². The maximum atomic E-state index is 11.4. The van der Waals surface area contributed by atoms with Gasteiger partial charge in [-0.3, -0.25) is 4.57 Å². The van der Waals surface area contributed by atoms with Crippen molar-refractivity contribution in [1.29, 1.82) is 0 Å². The lowest BCUT2D eigenvalue weighted by Gasteiger charge is -2.46. The highest BCUT2D eigenvalue weighted by atomic mass is 16.5. The molecule has 0 radical (unpaired) electrons. The van der Waals surface area contributed by atoms with E-state index in [1.807, 2.05) is 0 Å². The molecule has 2 aliphatic rings. The fourth-order valence-electron chi connectivity index (χ4n) is 3.32. The third-order valence-corrected chi connectivity index (χ3v) is 4.70. The fourth-order valence-corrected chi connectivity index (χ4v) is 3.32. The van der Waals surface area contributed by atoms with E-state index < -0.39 is 0 Å². The van der Waals surface area contributed by atoms with Crippen molar-refractivity contribution in [2.45, 2.75) is 43.9 Å². The fraction of sp³-hybridized carbons (Fsp3) is 0.786. The van der Waals surface area contributed by atoms with Crippen LogP contribution in [0.3, 0.4) is 0 Å². The zero-order valence-corrected chi connectivity index (χ0v) is 11.8. The van der Waals surface area contributed by atoms with Gasteiger partial charge < -0.3 is 19.7 Å². The molecule has 1 atom stereocenters. The number of ether oxygens (including phenoxy) is 1. The first kappa shape index (κ1) is 13.9. The Bertz CT molecular complexity index is 488. The van der Waals surface area contributed by atoms with Crippen molar-refractivity contribution in [1.82, 2.24) is 14.5 Å². The number of H-pyrrole nitrogens is 1. The van der Waals surface area contributed by atoms with Gasteiger partial charge in [0.2, 0.25) is 0 Å². The summed E-state index contributed by atoms with van der Waals surface area (Å²) in [5.74, 6) is 0. The van der Waals surface area contributed by atoms with Crippen LogP contribution in [0.4, 0.5) is 0 Å². The van der Waals surface area contributed by atoms with Gasteiger partial charge in [0.1, 0.15) is 0 Å². The summed E-state index contributed by atoms with van der Waals surface area (Å²) in [6, 6.07) is 0. The van der Waals surface area contributed by atoms with Gasteiger partial charge in [-0.1, -0.05) is 0 Å². The highest BCUT2D eigenvalue weighted by Gasteiger charge is 2.43. The predicted octanol–water partition coefficient (Wildman–Crippen LogP) is 0.182. The van der Waals surface area contributed by atoms with Gasteiger partial charge in [0.25, 0.3) is 0 Å². The highest BCUT2D eigenvalue weighted by molar-refractivity contribution is 4.95. The van der Waals surface area contributed by atoms with Gasteiger partial charge in [-0.05, 0) is 25.7 Å². The molecule has 2 aliphatic heterocycles. The molecule has 2 N–H and O–H groups in total. The number of piperidine rings is 1. The van der Waals surface area contributed by atoms with Gasteiger partial charge in [-0.15, -0.1) is 0 Å². The quantitative estimate of drug-likeness (QED) is 0.829. The van der Waals surface area contributed by atoms with E-state index in [9.17, 15) is 9.90 Å². The van der Waals surface area contributed by atoms with Gasteiger partial charge in [0, 0.05) is 45.2 Å². The Hall–Kier alpha value is -1.11. The van der Waals surface area contributed by atoms with E-state index in [0.717, 1.165) is 51.9 Å². The van der Waals surface area contributed by atoms with E-state index in [2.05, 4.69) is 9.88 Å². The Balaban J connectivity index is 1.51. The molecule has 3 heterocycles. The third-order valence-electron chi connectivity index (χ3n) is 4.70. The van der Waals surface area contributed by atoms with E-state index in [1.54, 1.807) is 17.0 Å². The van der Waals surface area contributed by atoms with Crippen LogP contribution in [0.2, 0.25) is 0 Å². The minimum Gasteiger partial charge on any atom is -0.390 e. The molecule has 112 valence electrons. The molecule has 2 fully saturated rings. The van der Waals surface area contributed by atoms with Crippen molar-refractivity contribution in [3.8, 4) is 0 Å². The van der Waals surface area contributed by atoms with E-state index >= 15 is 0 Å². The number of imidazole rings is 1. The van der Waals surface area contributed by atoms with Crippen LogP contribution in [0.25, 0.3) is 0 Å². The van der Waals surface area contributed by atoms with Gasteiger partial charge in [-0.25, -0.2) is 4.79 Å². The van der Waals surface area contributed by atoms with Crippen molar-refractivity contribution in [3.05, 3.63) is 22.9 Å². The molecule has 0 bridgehead atoms. The SMILES string of the molecule is O=c1[nH]ccn1CCN1CCC2(CC1)OCCCC2O. The molecule has 0 amide bonds. The molecule has 6 nitrogen and oxygen atoms in total. The average molecular weight is 281 g/mol. The molecule has 20 heavy (non-hydrogen) atoms. The monoisotopic (exact) mass is 281 g/mol. The summed E-state index contributed by atoms with van der Waals surface area (Å²) in [6.07, 6.45) is 6.72. The summed E-state index contributed by atoms with van der Waals surface area (Å²) in [4.78, 5) is 16.4. The second-order valence-corrected chi connectivity index (χ2v) is 5.87. The predicted molar refractivity (Wildman–Crippen MR) is 74.7 cm³/mol. The van der Waals surface area contributed by atoms with Gasteiger partial charge >= 0.3 is 5.69 Å². The van der Waals surface area contributed by atoms with Gasteiger partial charge in [-0.2, -0.15) is 0 Å². The zero-order valence-electron chi connectivity index (χ0n) is 11.8. The summed E-state index contributed by atoms with van der Waals surface area (Å²) in [6.45, 7) is 4.20. The largest absolute Gasteiger partial charge is 0.390 e. The first-order valence-corrected chi connectivity index (χ1v) is 7.48. The van der Waals surface area contributed by atoms with Crippen LogP contribution in [0.15, 0.2) is 17.2 Å². The van der Waals surface area contributed by atoms with Crippen LogP contribution in [0.1, 0.15) is 25.7 Å². The Morgan fingerprint density at radius 3 is 2.85 bits per heavy atom. The lowest BCUT2D eigenvalue weighted by Crippen LogP contribution is -2.55. The number of hydrogen-bond acceptors (Lipinski definition) is 4. The molecular formula is C14H23N3O3. The number of aliphatic hydroxyl groups excluding tert-OH is 1. The third kappa shape index (κ3) is 2.68. The molecular weight excluding hydrogens is 258 g/mol. The van der Waals surface area contributed by atoms with Crippen LogP contribution in [-0.4, -0.2) is 57.5 Å². The van der Waals surface area contributed by atoms with E-state index in [1.165, 1.54) is 0 Å². The van der Waals surface area contributed by atoms with E-state index in [4.69, 9.17) is 4.74 Å². The Morgan fingerprint density at radius 2 is 2.20 bits per heavy atom. The number of rotatable bonds is 3. The number of nitrogens with one attached hydrogen (secondary N) is 1. The molecule has 1 aromatic heterocycles. The lowest BCUT2D eigenvalue weighted by molar-refractivity contribution is -0.176. The topological polar surface area (TPSA) is 70.5 Å². The zero-order chi connectivity index (χ0) is 14.0. The van der Waals surface area contributed by atoms with Crippen molar-refractivity contribution in [2.24, 2.45) is 0 Å². The van der Waals surface area contributed by atoms with E-state index in [0.29, 0.717) is 6.54 Å². The van der Waals surface area contributed by atoms with Crippen LogP contribution in [0.5, 0.6) is 0 Å². The maximum Gasteiger partial charge on any atom is 0.325 e. The number of aromatic nitrogens is 2. The van der Waals surface area contributed by atoms with Crippen molar-refractivity contribution >= 4 is 0 Å². The number of nitrogens with zero attached hydrogens (tertiary/aromatic N) is 2. The maximum absolute atomic E-state index is 11.4. The second kappa shape index (κ2) is 5.71. The van der Waals surface area contributed by atoms with Crippen LogP contribution >= 0.6 is 0 Å². The molecule has 1 aromatic rings. The minimum atomic E-state index is -0.314. The molecule has 0 aliphatic carbocycles. The van der Waals surface area contributed by atoms with Crippen LogP contribution < -0.4 is 5.69 Å². The molecule has 1 unspecified atom stereocenters. The standard InChI is InChI=1S/C14H23N3O3/c18-12-2-1-11-20-14(12)3-6-16(7-4-14)9-10-17-8-5-15-13(17)19/h5,8,12,18H,1-4,6-7,9-11H2,(H,15,19). The van der Waals surface area contributed by atoms with Crippen molar-refractivity contribution in [2.75, 3.05) is 26.2 Å². The summed E-state index contributed by atoms with van der Waals surface area (Å²) in [5, 5.41) is 10.2. The average Bonchev–Trinajstić information content (AvgIpc) is 2.87. The molecule has 0 saturated carbocycles. The summed E-state index contributed by atoms with van der Waals surface area (Å²) >= 11 is 0. The summed E-state index contributed by atoms with van der Waals surface area (Å²) in [7, 11) is 0. The number of aliphatic hydroxyl groups is 1. The number of aromatic amines is 1. The lowest BCUT2D eigenvalue weighted by atomic mass is 9.82. The first-order chi connectivity index (χ1) is 9.70. The number of likely N-dealkylation sites (tertiary alicyclic amines) is 1. The molecule has 2 saturated heterocycles. The molecule has 0 aromatic carbocycles. The number of hydrogen-bond donors (Lipinski definition) is 2. The first-order valence-electron chi connectivity index (χ1n) is 7.48. The summed E-state index contributed by atoms with van der Waals surface area (Å²) < 4.78 is 7.59. The van der Waals surface area contributed by atoms with Crippen LogP contribution in [-0.2, 0) is 11.3 Å². The normalized spacial score (nSPS) is 26.9. The highest BCUT2D eigenvalue weighted by Crippen LogP contribution is 2.35. The van der Waals surface area contributed by atoms with E-state index in [-0.39, 0.29) is 17.4 Å². The Kier molecular flexibility index (Phi) is 3.96. The summed E-state index contributed by atoms with van der Waals surface area (Å²) in [5.41, 5.74) is -0.357. The minimum absolute atomic E-state index is 0.0514. The smallest absolute Gasteiger partial charge is 0.325 e. The molecule has 1 spiro atoms. The molecule has 3 rings (SSSR count). The Labute approximate surface area is 118 Å². The Morgan fingerprint density at radius 1 is 1.40 bits per heavy atom. The second-order valence-electron chi connectivity index (χ2n) is 5.87. The van der Waals surface area contributed by atoms with Gasteiger partial charge in [0.15, 0.2) is 0 Å². The van der Waals surface area contributed by atoms with Gasteiger partial charge in [0.05, 0.1) is 11.7 Å². The van der Waals surface area contributed by atoms with Crippen molar-refractivity contribution in [3.63, 3.8) is 0 Å².